The van der Waals surface area contributed by atoms with Gasteiger partial charge in [0, 0.05) is 31.4 Å². The first-order valence-corrected chi connectivity index (χ1v) is 11.2. The first-order chi connectivity index (χ1) is 14.6. The topological polar surface area (TPSA) is 67.0 Å². The Morgan fingerprint density at radius 1 is 1.10 bits per heavy atom. The van der Waals surface area contributed by atoms with Gasteiger partial charge in [0.25, 0.3) is 0 Å². The molecule has 3 rings (SSSR count). The Morgan fingerprint density at radius 3 is 2.47 bits per heavy atom. The van der Waals surface area contributed by atoms with Gasteiger partial charge in [0.1, 0.15) is 10.9 Å². The highest BCUT2D eigenvalue weighted by atomic mass is 32.2. The van der Waals surface area contributed by atoms with Crippen molar-refractivity contribution in [2.45, 2.75) is 31.7 Å². The normalized spacial score (nSPS) is 10.9. The van der Waals surface area contributed by atoms with Gasteiger partial charge in [0.05, 0.1) is 11.4 Å². The second-order valence-corrected chi connectivity index (χ2v) is 8.13. The number of aromatic nitrogens is 2. The molecule has 3 aromatic rings. The number of H-pyrrole nitrogens is 1. The molecule has 0 atom stereocenters. The predicted molar refractivity (Wildman–Crippen MR) is 124 cm³/mol. The van der Waals surface area contributed by atoms with E-state index in [2.05, 4.69) is 72.7 Å². The van der Waals surface area contributed by atoms with Gasteiger partial charge in [-0.3, -0.25) is 4.79 Å². The Labute approximate surface area is 182 Å². The first-order valence-electron chi connectivity index (χ1n) is 10.3. The zero-order valence-corrected chi connectivity index (χ0v) is 18.6. The van der Waals surface area contributed by atoms with E-state index in [1.54, 1.807) is 7.11 Å². The third-order valence-electron chi connectivity index (χ3n) is 4.83. The van der Waals surface area contributed by atoms with Crippen LogP contribution in [0.1, 0.15) is 24.5 Å². The third-order valence-corrected chi connectivity index (χ3v) is 5.81. The van der Waals surface area contributed by atoms with Gasteiger partial charge in [-0.1, -0.05) is 72.8 Å². The summed E-state index contributed by atoms with van der Waals surface area (Å²) in [6, 6.07) is 16.8. The molecule has 1 heterocycles. The molecule has 0 spiro atoms. The number of carbonyl (C=O) groups is 1. The molecule has 0 aliphatic carbocycles. The van der Waals surface area contributed by atoms with E-state index in [9.17, 15) is 4.79 Å². The minimum absolute atomic E-state index is 0.00260. The number of rotatable bonds is 10. The van der Waals surface area contributed by atoms with Crippen LogP contribution in [0.5, 0.6) is 0 Å². The lowest BCUT2D eigenvalue weighted by Crippen LogP contribution is -2.26. The highest BCUT2D eigenvalue weighted by Crippen LogP contribution is 2.32. The number of aryl methyl sites for hydroxylation is 2. The molecule has 5 nitrogen and oxygen atoms in total. The van der Waals surface area contributed by atoms with Crippen molar-refractivity contribution in [3.05, 3.63) is 59.7 Å². The van der Waals surface area contributed by atoms with E-state index in [1.807, 2.05) is 0 Å². The van der Waals surface area contributed by atoms with Crippen LogP contribution in [-0.4, -0.2) is 41.9 Å². The summed E-state index contributed by atoms with van der Waals surface area (Å²) in [5.74, 6) is 1.14. The Hall–Kier alpha value is -2.57. The second kappa shape index (κ2) is 11.0. The molecule has 6 heteroatoms. The van der Waals surface area contributed by atoms with E-state index in [0.29, 0.717) is 18.9 Å². The Kier molecular flexibility index (Phi) is 8.11. The van der Waals surface area contributed by atoms with E-state index in [-0.39, 0.29) is 5.91 Å². The molecule has 0 saturated carbocycles. The number of nitrogens with zero attached hydrogens (tertiary/aromatic N) is 1. The molecule has 2 N–H and O–H groups in total. The average Bonchev–Trinajstić information content (AvgIpc) is 3.20. The van der Waals surface area contributed by atoms with Gasteiger partial charge in [0.2, 0.25) is 5.91 Å². The van der Waals surface area contributed by atoms with E-state index >= 15 is 0 Å². The molecule has 0 aliphatic rings. The SMILES string of the molecule is CCc1ccc(-c2nc(SCC(=O)NCCCOC)c(-c3ccc(C)cc3)[nH]2)cc1. The van der Waals surface area contributed by atoms with Crippen molar-refractivity contribution in [3.8, 4) is 22.6 Å². The second-order valence-electron chi connectivity index (χ2n) is 7.17. The van der Waals surface area contributed by atoms with Crippen LogP contribution in [0, 0.1) is 6.92 Å². The van der Waals surface area contributed by atoms with Crippen molar-refractivity contribution in [1.82, 2.24) is 15.3 Å². The lowest BCUT2D eigenvalue weighted by atomic mass is 10.1. The summed E-state index contributed by atoms with van der Waals surface area (Å²) in [5.41, 5.74) is 5.55. The van der Waals surface area contributed by atoms with Crippen LogP contribution < -0.4 is 5.32 Å². The molecule has 30 heavy (non-hydrogen) atoms. The van der Waals surface area contributed by atoms with Crippen molar-refractivity contribution in [1.29, 1.82) is 0 Å². The standard InChI is InChI=1S/C24H29N3O2S/c1-4-18-8-12-20(13-9-18)23-26-22(19-10-6-17(2)7-11-19)24(27-23)30-16-21(28)25-14-5-15-29-3/h6-13H,4-5,14-16H2,1-3H3,(H,25,28)(H,26,27). The van der Waals surface area contributed by atoms with E-state index in [4.69, 9.17) is 9.72 Å². The molecule has 0 aliphatic heterocycles. The molecular formula is C24H29N3O2S. The first kappa shape index (κ1) is 22.1. The van der Waals surface area contributed by atoms with Crippen molar-refractivity contribution in [2.24, 2.45) is 0 Å². The molecule has 2 aromatic carbocycles. The number of amides is 1. The van der Waals surface area contributed by atoms with E-state index < -0.39 is 0 Å². The molecule has 0 radical (unpaired) electrons. The largest absolute Gasteiger partial charge is 0.385 e. The number of nitrogens with one attached hydrogen (secondary N) is 2. The number of hydrogen-bond donors (Lipinski definition) is 2. The Balaban J connectivity index is 1.79. The molecule has 1 amide bonds. The molecule has 158 valence electrons. The van der Waals surface area contributed by atoms with Crippen LogP contribution in [0.25, 0.3) is 22.6 Å². The van der Waals surface area contributed by atoms with Crippen molar-refractivity contribution < 1.29 is 9.53 Å². The summed E-state index contributed by atoms with van der Waals surface area (Å²) in [7, 11) is 1.66. The van der Waals surface area contributed by atoms with Gasteiger partial charge in [0.15, 0.2) is 0 Å². The van der Waals surface area contributed by atoms with E-state index in [1.165, 1.54) is 22.9 Å². The quantitative estimate of drug-likeness (QED) is 0.361. The van der Waals surface area contributed by atoms with Crippen molar-refractivity contribution in [2.75, 3.05) is 26.0 Å². The smallest absolute Gasteiger partial charge is 0.230 e. The Bertz CT molecular complexity index is 950. The Morgan fingerprint density at radius 2 is 1.80 bits per heavy atom. The summed E-state index contributed by atoms with van der Waals surface area (Å²) in [5, 5.41) is 3.76. The highest BCUT2D eigenvalue weighted by molar-refractivity contribution is 8.00. The number of carbonyl (C=O) groups excluding carboxylic acids is 1. The molecule has 0 bridgehead atoms. The summed E-state index contributed by atoms with van der Waals surface area (Å²) in [4.78, 5) is 20.5. The summed E-state index contributed by atoms with van der Waals surface area (Å²) in [6.07, 6.45) is 1.81. The lowest BCUT2D eigenvalue weighted by Gasteiger charge is -2.05. The number of benzene rings is 2. The van der Waals surface area contributed by atoms with Crippen LogP contribution in [0.4, 0.5) is 0 Å². The number of methoxy groups -OCH3 is 1. The van der Waals surface area contributed by atoms with Crippen LogP contribution in [0.3, 0.4) is 0 Å². The molecule has 1 aromatic heterocycles. The maximum Gasteiger partial charge on any atom is 0.230 e. The van der Waals surface area contributed by atoms with E-state index in [0.717, 1.165) is 40.5 Å². The van der Waals surface area contributed by atoms with Gasteiger partial charge in [-0.05, 0) is 25.3 Å². The monoisotopic (exact) mass is 423 g/mol. The maximum atomic E-state index is 12.2. The van der Waals surface area contributed by atoms with Crippen molar-refractivity contribution >= 4 is 17.7 Å². The fraction of sp³-hybridized carbons (Fsp3) is 0.333. The zero-order chi connectivity index (χ0) is 21.3. The van der Waals surface area contributed by atoms with Crippen molar-refractivity contribution in [3.63, 3.8) is 0 Å². The number of thioether (sulfide) groups is 1. The van der Waals surface area contributed by atoms with Crippen LogP contribution in [0.2, 0.25) is 0 Å². The molecule has 0 fully saturated rings. The summed E-state index contributed by atoms with van der Waals surface area (Å²) >= 11 is 1.46. The minimum Gasteiger partial charge on any atom is -0.385 e. The number of hydrogen-bond acceptors (Lipinski definition) is 4. The molecule has 0 saturated heterocycles. The summed E-state index contributed by atoms with van der Waals surface area (Å²) < 4.78 is 5.01. The minimum atomic E-state index is 0.00260. The molecular weight excluding hydrogens is 394 g/mol. The number of imidazole rings is 1. The van der Waals surface area contributed by atoms with Gasteiger partial charge in [-0.15, -0.1) is 0 Å². The van der Waals surface area contributed by atoms with Crippen LogP contribution in [-0.2, 0) is 16.0 Å². The van der Waals surface area contributed by atoms with Gasteiger partial charge in [-0.2, -0.15) is 0 Å². The highest BCUT2D eigenvalue weighted by Gasteiger charge is 2.15. The number of ether oxygens (including phenoxy) is 1. The van der Waals surface area contributed by atoms with Crippen LogP contribution in [0.15, 0.2) is 53.6 Å². The summed E-state index contributed by atoms with van der Waals surface area (Å²) in [6.45, 7) is 5.48. The van der Waals surface area contributed by atoms with Gasteiger partial charge < -0.3 is 15.0 Å². The fourth-order valence-corrected chi connectivity index (χ4v) is 3.88. The average molecular weight is 424 g/mol. The van der Waals surface area contributed by atoms with Crippen LogP contribution >= 0.6 is 11.8 Å². The number of aromatic amines is 1. The zero-order valence-electron chi connectivity index (χ0n) is 17.8. The van der Waals surface area contributed by atoms with Gasteiger partial charge in [-0.25, -0.2) is 4.98 Å². The molecule has 0 unspecified atom stereocenters. The fourth-order valence-electron chi connectivity index (χ4n) is 3.04. The van der Waals surface area contributed by atoms with Gasteiger partial charge >= 0.3 is 0 Å². The lowest BCUT2D eigenvalue weighted by molar-refractivity contribution is -0.118. The third kappa shape index (κ3) is 5.97. The predicted octanol–water partition coefficient (Wildman–Crippen LogP) is 4.86. The maximum absolute atomic E-state index is 12.2.